The number of nitrogens with zero attached hydrogens (tertiary/aromatic N) is 2. The van der Waals surface area contributed by atoms with Gasteiger partial charge < -0.3 is 35.8 Å². The highest BCUT2D eigenvalue weighted by atomic mass is 32.2. The van der Waals surface area contributed by atoms with Crippen molar-refractivity contribution in [2.75, 3.05) is 17.3 Å². The first-order valence-electron chi connectivity index (χ1n) is 20.4. The van der Waals surface area contributed by atoms with E-state index < -0.39 is 54.1 Å². The van der Waals surface area contributed by atoms with Crippen molar-refractivity contribution >= 4 is 47.7 Å². The Hall–Kier alpha value is -5.90. The molecule has 4 aromatic rings. The molecule has 0 aromatic heterocycles. The lowest BCUT2D eigenvalue weighted by atomic mass is 9.93. The number of methoxy groups -OCH3 is 1. The average Bonchev–Trinajstić information content (AvgIpc) is 3.82. The van der Waals surface area contributed by atoms with Gasteiger partial charge in [-0.05, 0) is 76.7 Å². The fraction of sp³-hybridized carbons (Fsp3) is 0.370. The molecule has 0 unspecified atom stereocenters. The SMILES string of the molecule is COc1ccc(CN[C@@H](C(=O)N[C@H](C(=O)NCc2ccc(N3N=CCS3)cc2)C(C)C)[C@H](O)[C@H](Cc2ccccc2)NC(=O)[C@@H](NC(=O)OCc2ccccc2)C(C)C)cc1. The van der Waals surface area contributed by atoms with Crippen molar-refractivity contribution in [1.29, 1.82) is 0 Å². The number of amides is 4. The zero-order valence-electron chi connectivity index (χ0n) is 35.2. The second-order valence-corrected chi connectivity index (χ2v) is 16.3. The van der Waals surface area contributed by atoms with Crippen molar-refractivity contribution in [2.24, 2.45) is 16.9 Å². The fourth-order valence-electron chi connectivity index (χ4n) is 6.60. The standard InChI is InChI=1S/C46H57N7O7S/c1-30(2)39(43(55)48-28-33-16-20-36(21-17-33)53-49-24-25-61-53)51-45(57)41(47-27-34-18-22-37(59-5)23-19-34)42(54)38(26-32-12-8-6-9-13-32)50-44(56)40(31(3)4)52-46(58)60-29-35-14-10-7-11-15-35/h6-24,30-31,38-42,47,54H,25-29H2,1-5H3,(H,48,55)(H,50,56)(H,51,57)(H,52,58)/t38-,39-,40-,41+,42+/m0/s1. The molecule has 0 aliphatic carbocycles. The lowest BCUT2D eigenvalue weighted by molar-refractivity contribution is -0.134. The van der Waals surface area contributed by atoms with Crippen LogP contribution in [0.1, 0.15) is 49.9 Å². The van der Waals surface area contributed by atoms with Crippen molar-refractivity contribution in [1.82, 2.24) is 26.6 Å². The van der Waals surface area contributed by atoms with Crippen LogP contribution in [0.3, 0.4) is 0 Å². The van der Waals surface area contributed by atoms with E-state index in [2.05, 4.69) is 31.7 Å². The molecule has 0 spiro atoms. The predicted octanol–water partition coefficient (Wildman–Crippen LogP) is 5.10. The molecule has 14 nitrogen and oxygen atoms in total. The van der Waals surface area contributed by atoms with Gasteiger partial charge in [0.1, 0.15) is 30.5 Å². The first kappa shape index (κ1) is 46.2. The van der Waals surface area contributed by atoms with E-state index >= 15 is 0 Å². The van der Waals surface area contributed by atoms with Gasteiger partial charge in [0.25, 0.3) is 0 Å². The van der Waals surface area contributed by atoms with Crippen molar-refractivity contribution in [3.63, 3.8) is 0 Å². The molecule has 0 radical (unpaired) electrons. The maximum absolute atomic E-state index is 14.4. The minimum atomic E-state index is -1.52. The molecule has 324 valence electrons. The van der Waals surface area contributed by atoms with Crippen LogP contribution in [0, 0.1) is 11.8 Å². The van der Waals surface area contributed by atoms with Gasteiger partial charge in [-0.15, -0.1) is 0 Å². The molecular weight excluding hydrogens is 795 g/mol. The average molecular weight is 852 g/mol. The predicted molar refractivity (Wildman–Crippen MR) is 239 cm³/mol. The van der Waals surface area contributed by atoms with Crippen LogP contribution < -0.4 is 35.7 Å². The highest BCUT2D eigenvalue weighted by Crippen LogP contribution is 2.26. The molecule has 15 heteroatoms. The zero-order valence-corrected chi connectivity index (χ0v) is 36.1. The Labute approximate surface area is 362 Å². The van der Waals surface area contributed by atoms with Crippen molar-refractivity contribution < 1.29 is 33.8 Å². The van der Waals surface area contributed by atoms with Crippen LogP contribution in [0.2, 0.25) is 0 Å². The second kappa shape index (κ2) is 23.2. The summed E-state index contributed by atoms with van der Waals surface area (Å²) in [7, 11) is 1.57. The number of alkyl carbamates (subject to hydrolysis) is 1. The molecule has 0 bridgehead atoms. The number of hydrogen-bond donors (Lipinski definition) is 6. The third kappa shape index (κ3) is 14.1. The molecule has 1 aliphatic rings. The van der Waals surface area contributed by atoms with Gasteiger partial charge in [0.15, 0.2) is 0 Å². The Balaban J connectivity index is 1.34. The Bertz CT molecular complexity index is 2040. The maximum atomic E-state index is 14.4. The minimum Gasteiger partial charge on any atom is -0.497 e. The molecule has 1 aliphatic heterocycles. The number of anilines is 1. The fourth-order valence-corrected chi connectivity index (χ4v) is 7.28. The van der Waals surface area contributed by atoms with Gasteiger partial charge in [-0.1, -0.05) is 113 Å². The first-order chi connectivity index (χ1) is 29.4. The summed E-state index contributed by atoms with van der Waals surface area (Å²) in [5, 5.41) is 31.3. The summed E-state index contributed by atoms with van der Waals surface area (Å²) in [5.74, 6) is -0.834. The first-order valence-corrected chi connectivity index (χ1v) is 21.3. The smallest absolute Gasteiger partial charge is 0.408 e. The van der Waals surface area contributed by atoms with Gasteiger partial charge in [0, 0.05) is 19.3 Å². The van der Waals surface area contributed by atoms with Crippen LogP contribution >= 0.6 is 11.9 Å². The molecular formula is C46H57N7O7S. The van der Waals surface area contributed by atoms with Crippen LogP contribution in [-0.4, -0.2) is 78.3 Å². The molecule has 61 heavy (non-hydrogen) atoms. The van der Waals surface area contributed by atoms with E-state index in [0.29, 0.717) is 5.75 Å². The summed E-state index contributed by atoms with van der Waals surface area (Å²) in [6.45, 7) is 7.62. The topological polar surface area (TPSA) is 183 Å². The van der Waals surface area contributed by atoms with Crippen LogP contribution in [0.15, 0.2) is 114 Å². The molecule has 6 N–H and O–H groups in total. The number of benzene rings is 4. The number of carbonyl (C=O) groups is 4. The number of carbonyl (C=O) groups excluding carboxylic acids is 4. The lowest BCUT2D eigenvalue weighted by Gasteiger charge is -2.33. The molecule has 0 saturated heterocycles. The van der Waals surface area contributed by atoms with Crippen molar-refractivity contribution in [3.05, 3.63) is 131 Å². The number of hydrazone groups is 1. The number of rotatable bonds is 21. The number of nitrogens with one attached hydrogen (secondary N) is 5. The maximum Gasteiger partial charge on any atom is 0.408 e. The summed E-state index contributed by atoms with van der Waals surface area (Å²) >= 11 is 1.58. The Morgan fingerprint density at radius 3 is 1.85 bits per heavy atom. The largest absolute Gasteiger partial charge is 0.497 e. The molecule has 4 amide bonds. The number of hydrogen-bond acceptors (Lipinski definition) is 11. The molecule has 1 heterocycles. The van der Waals surface area contributed by atoms with Crippen LogP contribution in [0.5, 0.6) is 5.75 Å². The van der Waals surface area contributed by atoms with Crippen LogP contribution in [0.25, 0.3) is 0 Å². The van der Waals surface area contributed by atoms with Crippen LogP contribution in [0.4, 0.5) is 10.5 Å². The summed E-state index contributed by atoms with van der Waals surface area (Å²) in [6.07, 6.45) is -0.318. The van der Waals surface area contributed by atoms with E-state index in [1.165, 1.54) is 0 Å². The molecule has 5 atom stereocenters. The van der Waals surface area contributed by atoms with Crippen molar-refractivity contribution in [2.45, 2.75) is 84.1 Å². The number of ether oxygens (including phenoxy) is 2. The van der Waals surface area contributed by atoms with E-state index in [0.717, 1.165) is 33.7 Å². The van der Waals surface area contributed by atoms with E-state index in [9.17, 15) is 24.3 Å². The van der Waals surface area contributed by atoms with E-state index in [-0.39, 0.29) is 38.0 Å². The summed E-state index contributed by atoms with van der Waals surface area (Å²) in [4.78, 5) is 55.2. The lowest BCUT2D eigenvalue weighted by Crippen LogP contribution is -2.63. The number of aliphatic hydroxyl groups excluding tert-OH is 1. The Morgan fingerprint density at radius 1 is 0.689 bits per heavy atom. The monoisotopic (exact) mass is 851 g/mol. The third-order valence-corrected chi connectivity index (χ3v) is 11.0. The van der Waals surface area contributed by atoms with Gasteiger partial charge in [-0.25, -0.2) is 9.21 Å². The minimum absolute atomic E-state index is 0.0156. The van der Waals surface area contributed by atoms with Gasteiger partial charge in [-0.2, -0.15) is 5.10 Å². The zero-order chi connectivity index (χ0) is 43.7. The van der Waals surface area contributed by atoms with E-state index in [1.54, 1.807) is 45.0 Å². The highest BCUT2D eigenvalue weighted by Gasteiger charge is 2.38. The van der Waals surface area contributed by atoms with Crippen LogP contribution in [-0.2, 0) is 45.2 Å². The number of aliphatic hydroxyl groups is 1. The van der Waals surface area contributed by atoms with E-state index in [4.69, 9.17) is 9.47 Å². The highest BCUT2D eigenvalue weighted by molar-refractivity contribution is 8.01. The third-order valence-electron chi connectivity index (χ3n) is 10.1. The molecule has 4 aromatic carbocycles. The van der Waals surface area contributed by atoms with Gasteiger partial charge in [-0.3, -0.25) is 19.7 Å². The molecule has 0 saturated carbocycles. The van der Waals surface area contributed by atoms with Gasteiger partial charge in [0.2, 0.25) is 17.7 Å². The summed E-state index contributed by atoms with van der Waals surface area (Å²) in [5.41, 5.74) is 4.16. The van der Waals surface area contributed by atoms with Gasteiger partial charge >= 0.3 is 6.09 Å². The Kier molecular flexibility index (Phi) is 17.6. The second-order valence-electron chi connectivity index (χ2n) is 15.4. The quantitative estimate of drug-likeness (QED) is 0.0617. The normalized spacial score (nSPS) is 14.7. The van der Waals surface area contributed by atoms with Crippen molar-refractivity contribution in [3.8, 4) is 5.75 Å². The molecule has 5 rings (SSSR count). The molecule has 0 fully saturated rings. The summed E-state index contributed by atoms with van der Waals surface area (Å²) < 4.78 is 12.6. The van der Waals surface area contributed by atoms with E-state index in [1.807, 2.05) is 122 Å². The van der Waals surface area contributed by atoms with Gasteiger partial charge in [0.05, 0.1) is 30.7 Å². The Morgan fingerprint density at radius 2 is 1.26 bits per heavy atom. The summed E-state index contributed by atoms with van der Waals surface area (Å²) in [6, 6.07) is 29.0.